The molecule has 0 saturated heterocycles. The number of rotatable bonds is 3. The number of benzene rings is 1. The highest BCUT2D eigenvalue weighted by Crippen LogP contribution is 2.33. The van der Waals surface area contributed by atoms with Crippen LogP contribution in [-0.4, -0.2) is 18.5 Å². The van der Waals surface area contributed by atoms with Crippen LogP contribution in [0.4, 0.5) is 4.39 Å². The summed E-state index contributed by atoms with van der Waals surface area (Å²) >= 11 is 0. The average molecular weight is 198 g/mol. The summed E-state index contributed by atoms with van der Waals surface area (Å²) < 4.78 is 18.5. The van der Waals surface area contributed by atoms with Crippen LogP contribution >= 0.6 is 0 Å². The van der Waals surface area contributed by atoms with E-state index in [1.165, 1.54) is 25.3 Å². The van der Waals surface area contributed by atoms with Gasteiger partial charge in [-0.1, -0.05) is 0 Å². The van der Waals surface area contributed by atoms with Crippen molar-refractivity contribution in [2.45, 2.75) is 12.6 Å². The minimum atomic E-state index is -2.15. The van der Waals surface area contributed by atoms with Crippen LogP contribution in [0.1, 0.15) is 12.5 Å². The number of aldehydes is 1. The van der Waals surface area contributed by atoms with Crippen LogP contribution in [0.5, 0.6) is 11.5 Å². The van der Waals surface area contributed by atoms with Gasteiger partial charge in [0.2, 0.25) is 0 Å². The quantitative estimate of drug-likeness (QED) is 0.753. The molecule has 0 aliphatic carbocycles. The maximum absolute atomic E-state index is 13.6. The van der Waals surface area contributed by atoms with Gasteiger partial charge in [-0.25, -0.2) is 4.39 Å². The zero-order valence-electron chi connectivity index (χ0n) is 7.95. The maximum atomic E-state index is 13.6. The highest BCUT2D eigenvalue weighted by molar-refractivity contribution is 5.68. The molecule has 0 amide bonds. The molecule has 0 aliphatic heterocycles. The lowest BCUT2D eigenvalue weighted by molar-refractivity contribution is -0.117. The summed E-state index contributed by atoms with van der Waals surface area (Å²) in [5.41, 5.74) is -2.13. The smallest absolute Gasteiger partial charge is 0.191 e. The Kier molecular flexibility index (Phi) is 2.74. The molecule has 1 aromatic rings. The monoisotopic (exact) mass is 198 g/mol. The first kappa shape index (κ1) is 10.5. The van der Waals surface area contributed by atoms with Crippen LogP contribution in [0.2, 0.25) is 0 Å². The van der Waals surface area contributed by atoms with Gasteiger partial charge in [0.15, 0.2) is 12.0 Å². The number of alkyl halides is 1. The van der Waals surface area contributed by atoms with Crippen molar-refractivity contribution in [3.63, 3.8) is 0 Å². The Morgan fingerprint density at radius 3 is 2.71 bits per heavy atom. The van der Waals surface area contributed by atoms with Crippen molar-refractivity contribution in [2.24, 2.45) is 0 Å². The van der Waals surface area contributed by atoms with Crippen LogP contribution in [-0.2, 0) is 10.5 Å². The maximum Gasteiger partial charge on any atom is 0.191 e. The summed E-state index contributed by atoms with van der Waals surface area (Å²) in [7, 11) is 1.37. The van der Waals surface area contributed by atoms with Crippen molar-refractivity contribution in [1.82, 2.24) is 0 Å². The molecule has 0 heterocycles. The molecule has 3 nitrogen and oxygen atoms in total. The minimum absolute atomic E-state index is 0.0231. The van der Waals surface area contributed by atoms with Crippen LogP contribution < -0.4 is 4.74 Å². The summed E-state index contributed by atoms with van der Waals surface area (Å²) in [6, 6.07) is 3.95. The van der Waals surface area contributed by atoms with Gasteiger partial charge in [0.1, 0.15) is 11.5 Å². The number of carbonyl (C=O) groups excluding carboxylic acids is 1. The lowest BCUT2D eigenvalue weighted by Gasteiger charge is -2.16. The molecule has 1 atom stereocenters. The second kappa shape index (κ2) is 3.65. The van der Waals surface area contributed by atoms with Crippen molar-refractivity contribution >= 4 is 6.29 Å². The lowest BCUT2D eigenvalue weighted by atomic mass is 9.98. The number of hydrogen-bond donors (Lipinski definition) is 1. The van der Waals surface area contributed by atoms with Crippen LogP contribution in [0.15, 0.2) is 18.2 Å². The van der Waals surface area contributed by atoms with E-state index in [1.807, 2.05) is 0 Å². The molecule has 1 N–H and O–H groups in total. The Morgan fingerprint density at radius 1 is 1.57 bits per heavy atom. The van der Waals surface area contributed by atoms with Crippen molar-refractivity contribution in [1.29, 1.82) is 0 Å². The van der Waals surface area contributed by atoms with Gasteiger partial charge in [-0.2, -0.15) is 0 Å². The van der Waals surface area contributed by atoms with Crippen LogP contribution in [0.3, 0.4) is 0 Å². The molecule has 0 saturated carbocycles. The van der Waals surface area contributed by atoms with Crippen molar-refractivity contribution in [3.8, 4) is 11.5 Å². The van der Waals surface area contributed by atoms with E-state index in [9.17, 15) is 9.18 Å². The highest BCUT2D eigenvalue weighted by Gasteiger charge is 2.29. The second-order valence-corrected chi connectivity index (χ2v) is 3.08. The highest BCUT2D eigenvalue weighted by atomic mass is 19.1. The summed E-state index contributed by atoms with van der Waals surface area (Å²) in [6.45, 7) is 1.11. The number of methoxy groups -OCH3 is 1. The molecule has 0 bridgehead atoms. The fourth-order valence-electron chi connectivity index (χ4n) is 1.14. The fourth-order valence-corrected chi connectivity index (χ4v) is 1.14. The molecule has 0 aliphatic rings. The SMILES string of the molecule is COc1ccc(O)cc1C(C)(F)C=O. The first-order valence-corrected chi connectivity index (χ1v) is 4.04. The Balaban J connectivity index is 3.30. The summed E-state index contributed by atoms with van der Waals surface area (Å²) in [5, 5.41) is 9.15. The zero-order chi connectivity index (χ0) is 10.8. The largest absolute Gasteiger partial charge is 0.508 e. The number of hydrogen-bond acceptors (Lipinski definition) is 3. The Labute approximate surface area is 81.1 Å². The second-order valence-electron chi connectivity index (χ2n) is 3.08. The first-order valence-electron chi connectivity index (χ1n) is 4.04. The molecular formula is C10H11FO3. The Bertz CT molecular complexity index is 347. The molecule has 0 radical (unpaired) electrons. The fraction of sp³-hybridized carbons (Fsp3) is 0.300. The first-order chi connectivity index (χ1) is 6.51. The predicted octanol–water partition coefficient (Wildman–Crippen LogP) is 1.78. The predicted molar refractivity (Wildman–Crippen MR) is 49.2 cm³/mol. The van der Waals surface area contributed by atoms with E-state index in [1.54, 1.807) is 0 Å². The topological polar surface area (TPSA) is 46.5 Å². The molecule has 14 heavy (non-hydrogen) atoms. The average Bonchev–Trinajstić information content (AvgIpc) is 2.18. The van der Waals surface area contributed by atoms with E-state index in [4.69, 9.17) is 9.84 Å². The summed E-state index contributed by atoms with van der Waals surface area (Å²) in [6.07, 6.45) is 0.171. The molecule has 76 valence electrons. The van der Waals surface area contributed by atoms with Gasteiger partial charge in [-0.3, -0.25) is 4.79 Å². The van der Waals surface area contributed by atoms with Crippen molar-refractivity contribution in [3.05, 3.63) is 23.8 Å². The van der Waals surface area contributed by atoms with Gasteiger partial charge in [-0.15, -0.1) is 0 Å². The van der Waals surface area contributed by atoms with E-state index in [0.717, 1.165) is 6.92 Å². The van der Waals surface area contributed by atoms with Crippen LogP contribution in [0.25, 0.3) is 0 Å². The van der Waals surface area contributed by atoms with Crippen molar-refractivity contribution in [2.75, 3.05) is 7.11 Å². The molecule has 0 fully saturated rings. The third-order valence-corrected chi connectivity index (χ3v) is 1.93. The van der Waals surface area contributed by atoms with Gasteiger partial charge in [0.05, 0.1) is 7.11 Å². The summed E-state index contributed by atoms with van der Waals surface area (Å²) in [5.74, 6) is 0.131. The van der Waals surface area contributed by atoms with Gasteiger partial charge in [0, 0.05) is 5.56 Å². The molecule has 0 spiro atoms. The van der Waals surface area contributed by atoms with Gasteiger partial charge in [0.25, 0.3) is 0 Å². The standard InChI is InChI=1S/C10H11FO3/c1-10(11,6-12)8-5-7(13)3-4-9(8)14-2/h3-6,13H,1-2H3. The number of phenols is 1. The number of halogens is 1. The minimum Gasteiger partial charge on any atom is -0.508 e. The number of phenolic OH excluding ortho intramolecular Hbond substituents is 1. The van der Waals surface area contributed by atoms with E-state index >= 15 is 0 Å². The Hall–Kier alpha value is -1.58. The molecule has 1 rings (SSSR count). The number of carbonyl (C=O) groups is 1. The molecule has 0 aromatic heterocycles. The molecule has 4 heteroatoms. The Morgan fingerprint density at radius 2 is 2.21 bits per heavy atom. The number of ether oxygens (including phenoxy) is 1. The third kappa shape index (κ3) is 1.84. The van der Waals surface area contributed by atoms with E-state index in [0.29, 0.717) is 0 Å². The van der Waals surface area contributed by atoms with E-state index in [2.05, 4.69) is 0 Å². The normalized spacial score (nSPS) is 14.5. The number of aromatic hydroxyl groups is 1. The van der Waals surface area contributed by atoms with Gasteiger partial charge < -0.3 is 9.84 Å². The van der Waals surface area contributed by atoms with Gasteiger partial charge in [-0.05, 0) is 25.1 Å². The van der Waals surface area contributed by atoms with Crippen molar-refractivity contribution < 1.29 is 19.0 Å². The zero-order valence-corrected chi connectivity index (χ0v) is 7.95. The summed E-state index contributed by atoms with van der Waals surface area (Å²) in [4.78, 5) is 10.5. The molecule has 1 unspecified atom stereocenters. The molecular weight excluding hydrogens is 187 g/mol. The third-order valence-electron chi connectivity index (χ3n) is 1.93. The van der Waals surface area contributed by atoms with Gasteiger partial charge >= 0.3 is 0 Å². The van der Waals surface area contributed by atoms with E-state index < -0.39 is 5.67 Å². The lowest BCUT2D eigenvalue weighted by Crippen LogP contribution is -2.17. The van der Waals surface area contributed by atoms with Crippen LogP contribution in [0, 0.1) is 0 Å². The molecule has 1 aromatic carbocycles. The van der Waals surface area contributed by atoms with E-state index in [-0.39, 0.29) is 23.3 Å².